The van der Waals surface area contributed by atoms with Gasteiger partial charge in [0, 0.05) is 28.7 Å². The van der Waals surface area contributed by atoms with Crippen LogP contribution in [0.15, 0.2) is 43.0 Å². The van der Waals surface area contributed by atoms with E-state index in [1.54, 1.807) is 11.3 Å². The lowest BCUT2D eigenvalue weighted by molar-refractivity contribution is 0.581. The number of thiophene rings is 1. The van der Waals surface area contributed by atoms with Crippen molar-refractivity contribution in [1.82, 2.24) is 25.0 Å². The Bertz CT molecular complexity index is 1100. The first-order valence-corrected chi connectivity index (χ1v) is 10.8. The van der Waals surface area contributed by atoms with Crippen LogP contribution in [0.25, 0.3) is 26.3 Å². The molecule has 0 aliphatic rings. The van der Waals surface area contributed by atoms with Crippen molar-refractivity contribution in [2.45, 2.75) is 46.6 Å². The average Bonchev–Trinajstić information content (AvgIpc) is 3.34. The number of hydrogen-bond donors (Lipinski definition) is 1. The quantitative estimate of drug-likeness (QED) is 0.448. The first-order chi connectivity index (χ1) is 14.0. The predicted octanol–water partition coefficient (Wildman–Crippen LogP) is 5.35. The van der Waals surface area contributed by atoms with E-state index < -0.39 is 0 Å². The molecule has 0 saturated heterocycles. The Kier molecular flexibility index (Phi) is 5.58. The first-order valence-electron chi connectivity index (χ1n) is 10.0. The third-order valence-corrected chi connectivity index (χ3v) is 5.80. The van der Waals surface area contributed by atoms with E-state index in [2.05, 4.69) is 54.4 Å². The van der Waals surface area contributed by atoms with Crippen LogP contribution >= 0.6 is 11.3 Å². The maximum atomic E-state index is 4.73. The van der Waals surface area contributed by atoms with Crippen molar-refractivity contribution >= 4 is 27.2 Å². The van der Waals surface area contributed by atoms with Crippen LogP contribution in [0.1, 0.15) is 39.8 Å². The van der Waals surface area contributed by atoms with Gasteiger partial charge in [-0.15, -0.1) is 16.4 Å². The fourth-order valence-corrected chi connectivity index (χ4v) is 4.23. The molecule has 29 heavy (non-hydrogen) atoms. The van der Waals surface area contributed by atoms with E-state index in [9.17, 15) is 0 Å². The Morgan fingerprint density at radius 3 is 2.66 bits per heavy atom. The Morgan fingerprint density at radius 2 is 1.93 bits per heavy atom. The second-order valence-corrected chi connectivity index (χ2v) is 9.00. The van der Waals surface area contributed by atoms with E-state index in [1.807, 2.05) is 41.6 Å². The fourth-order valence-electron chi connectivity index (χ4n) is 3.22. The molecule has 7 heteroatoms. The van der Waals surface area contributed by atoms with Gasteiger partial charge in [-0.2, -0.15) is 0 Å². The van der Waals surface area contributed by atoms with Gasteiger partial charge in [-0.1, -0.05) is 19.1 Å². The molecule has 0 bridgehead atoms. The van der Waals surface area contributed by atoms with Gasteiger partial charge in [0.15, 0.2) is 0 Å². The number of hydrogen-bond acceptors (Lipinski definition) is 6. The lowest BCUT2D eigenvalue weighted by Gasteiger charge is -2.15. The maximum absolute atomic E-state index is 4.73. The summed E-state index contributed by atoms with van der Waals surface area (Å²) in [5.74, 6) is 0.647. The van der Waals surface area contributed by atoms with Crippen molar-refractivity contribution in [1.29, 1.82) is 0 Å². The highest BCUT2D eigenvalue weighted by molar-refractivity contribution is 7.21. The third-order valence-electron chi connectivity index (χ3n) is 4.71. The van der Waals surface area contributed by atoms with Crippen LogP contribution in [0.4, 0.5) is 5.69 Å². The molecule has 0 radical (unpaired) electrons. The van der Waals surface area contributed by atoms with Crippen molar-refractivity contribution in [3.63, 3.8) is 0 Å². The van der Waals surface area contributed by atoms with Crippen LogP contribution in [-0.4, -0.2) is 31.0 Å². The fraction of sp³-hybridized carbons (Fsp3) is 0.364. The van der Waals surface area contributed by atoms with Gasteiger partial charge in [-0.05, 0) is 56.4 Å². The van der Waals surface area contributed by atoms with Gasteiger partial charge in [-0.25, -0.2) is 9.67 Å². The summed E-state index contributed by atoms with van der Waals surface area (Å²) in [4.78, 5) is 11.0. The molecular formula is C22H26N6S. The molecule has 4 aromatic rings. The highest BCUT2D eigenvalue weighted by Gasteiger charge is 2.16. The second-order valence-electron chi connectivity index (χ2n) is 7.97. The van der Waals surface area contributed by atoms with Gasteiger partial charge in [0.25, 0.3) is 0 Å². The molecule has 1 N–H and O–H groups in total. The largest absolute Gasteiger partial charge is 0.381 e. The van der Waals surface area contributed by atoms with Crippen molar-refractivity contribution < 1.29 is 0 Å². The monoisotopic (exact) mass is 406 g/mol. The molecule has 0 aromatic carbocycles. The number of aryl methyl sites for hydroxylation is 1. The summed E-state index contributed by atoms with van der Waals surface area (Å²) in [5.41, 5.74) is 4.13. The molecule has 4 heterocycles. The molecule has 6 nitrogen and oxygen atoms in total. The molecule has 0 saturated carbocycles. The van der Waals surface area contributed by atoms with Crippen LogP contribution < -0.4 is 5.32 Å². The summed E-state index contributed by atoms with van der Waals surface area (Å²) < 4.78 is 1.84. The zero-order valence-electron chi connectivity index (χ0n) is 17.3. The van der Waals surface area contributed by atoms with E-state index in [0.717, 1.165) is 45.7 Å². The number of anilines is 1. The van der Waals surface area contributed by atoms with E-state index in [0.29, 0.717) is 5.92 Å². The van der Waals surface area contributed by atoms with Gasteiger partial charge in [-0.3, -0.25) is 4.98 Å². The smallest absolute Gasteiger partial charge is 0.126 e. The molecule has 4 aromatic heterocycles. The zero-order chi connectivity index (χ0) is 20.4. The van der Waals surface area contributed by atoms with E-state index in [4.69, 9.17) is 4.98 Å². The number of rotatable bonds is 7. The molecule has 150 valence electrons. The average molecular weight is 407 g/mol. The van der Waals surface area contributed by atoms with Gasteiger partial charge in [0.05, 0.1) is 23.8 Å². The minimum atomic E-state index is 0.285. The number of aromatic nitrogens is 5. The molecule has 0 amide bonds. The van der Waals surface area contributed by atoms with Crippen LogP contribution in [0.2, 0.25) is 0 Å². The first kappa shape index (κ1) is 19.5. The zero-order valence-corrected chi connectivity index (χ0v) is 18.1. The molecule has 0 fully saturated rings. The lowest BCUT2D eigenvalue weighted by atomic mass is 10.1. The van der Waals surface area contributed by atoms with Crippen molar-refractivity contribution in [3.05, 3.63) is 48.7 Å². The van der Waals surface area contributed by atoms with Gasteiger partial charge in [0.2, 0.25) is 0 Å². The minimum Gasteiger partial charge on any atom is -0.381 e. The summed E-state index contributed by atoms with van der Waals surface area (Å²) in [6, 6.07) is 6.54. The van der Waals surface area contributed by atoms with Gasteiger partial charge >= 0.3 is 0 Å². The normalized spacial score (nSPS) is 11.7. The van der Waals surface area contributed by atoms with Crippen LogP contribution in [0.5, 0.6) is 0 Å². The number of pyridine rings is 2. The molecule has 0 atom stereocenters. The summed E-state index contributed by atoms with van der Waals surface area (Å²) in [6.07, 6.45) is 9.59. The summed E-state index contributed by atoms with van der Waals surface area (Å²) >= 11 is 1.69. The topological polar surface area (TPSA) is 68.5 Å². The van der Waals surface area contributed by atoms with E-state index in [1.165, 1.54) is 4.88 Å². The van der Waals surface area contributed by atoms with E-state index >= 15 is 0 Å². The minimum absolute atomic E-state index is 0.285. The van der Waals surface area contributed by atoms with Crippen molar-refractivity contribution in [2.75, 3.05) is 5.32 Å². The van der Waals surface area contributed by atoms with Crippen molar-refractivity contribution in [2.24, 2.45) is 5.92 Å². The molecule has 0 aliphatic heterocycles. The van der Waals surface area contributed by atoms with Gasteiger partial charge in [0.1, 0.15) is 10.5 Å². The van der Waals surface area contributed by atoms with Crippen molar-refractivity contribution in [3.8, 4) is 16.1 Å². The number of nitrogens with zero attached hydrogens (tertiary/aromatic N) is 5. The van der Waals surface area contributed by atoms with Crippen LogP contribution in [0.3, 0.4) is 0 Å². The summed E-state index contributed by atoms with van der Waals surface area (Å²) in [5, 5.41) is 13.5. The van der Waals surface area contributed by atoms with Crippen LogP contribution in [-0.2, 0) is 6.42 Å². The standard InChI is InChI=1S/C22H26N6S/c1-14(2)5-6-17-13-28(27-26-17)19-12-24-22-18(21(19)25-15(3)4)11-20(29-22)16-7-9-23-10-8-16/h7-15H,5-6H2,1-4H3,(H,24,25). The van der Waals surface area contributed by atoms with Crippen LogP contribution in [0, 0.1) is 5.92 Å². The molecular weight excluding hydrogens is 380 g/mol. The second kappa shape index (κ2) is 8.29. The highest BCUT2D eigenvalue weighted by atomic mass is 32.1. The molecule has 0 aliphatic carbocycles. The SMILES string of the molecule is CC(C)CCc1cn(-c2cnc3sc(-c4ccncc4)cc3c2NC(C)C)nn1. The molecule has 0 unspecified atom stereocenters. The van der Waals surface area contributed by atoms with E-state index in [-0.39, 0.29) is 6.04 Å². The number of fused-ring (bicyclic) bond motifs is 1. The summed E-state index contributed by atoms with van der Waals surface area (Å²) in [7, 11) is 0. The Morgan fingerprint density at radius 1 is 1.14 bits per heavy atom. The molecule has 4 rings (SSSR count). The Balaban J connectivity index is 1.77. The predicted molar refractivity (Wildman–Crippen MR) is 120 cm³/mol. The maximum Gasteiger partial charge on any atom is 0.126 e. The summed E-state index contributed by atoms with van der Waals surface area (Å²) in [6.45, 7) is 8.73. The van der Waals surface area contributed by atoms with Gasteiger partial charge < -0.3 is 5.32 Å². The Hall–Kier alpha value is -2.80. The Labute approximate surface area is 175 Å². The third kappa shape index (κ3) is 4.29. The number of nitrogens with one attached hydrogen (secondary N) is 1. The highest BCUT2D eigenvalue weighted by Crippen LogP contribution is 2.38. The lowest BCUT2D eigenvalue weighted by Crippen LogP contribution is -2.13. The molecule has 0 spiro atoms.